The van der Waals surface area contributed by atoms with Crippen LogP contribution in [0.2, 0.25) is 0 Å². The van der Waals surface area contributed by atoms with Crippen molar-refractivity contribution >= 4 is 0 Å². The van der Waals surface area contributed by atoms with Gasteiger partial charge in [0.2, 0.25) is 5.88 Å². The molecule has 0 bridgehead atoms. The molecule has 0 saturated heterocycles. The number of aromatic nitrogens is 2. The molecule has 1 unspecified atom stereocenters. The SMILES string of the molecule is N#Cc1ccc(F)c(Oc2ncnc3c2CCC3O)c1. The molecule has 6 heteroatoms. The van der Waals surface area contributed by atoms with Crippen molar-refractivity contribution in [3.05, 3.63) is 47.2 Å². The predicted octanol–water partition coefficient (Wildman–Crippen LogP) is 2.26. The molecular weight excluding hydrogens is 261 g/mol. The Bertz CT molecular complexity index is 712. The van der Waals surface area contributed by atoms with Crippen LogP contribution in [0.15, 0.2) is 24.5 Å². The second-order valence-electron chi connectivity index (χ2n) is 4.46. The van der Waals surface area contributed by atoms with Crippen LogP contribution in [0.25, 0.3) is 0 Å². The number of nitriles is 1. The maximum atomic E-state index is 13.7. The molecule has 1 aromatic carbocycles. The fourth-order valence-corrected chi connectivity index (χ4v) is 2.19. The molecule has 0 saturated carbocycles. The summed E-state index contributed by atoms with van der Waals surface area (Å²) in [5.41, 5.74) is 1.50. The average Bonchev–Trinajstić information content (AvgIpc) is 2.84. The van der Waals surface area contributed by atoms with Gasteiger partial charge in [0, 0.05) is 11.6 Å². The highest BCUT2D eigenvalue weighted by Crippen LogP contribution is 2.36. The van der Waals surface area contributed by atoms with Gasteiger partial charge in [0.05, 0.1) is 23.4 Å². The summed E-state index contributed by atoms with van der Waals surface area (Å²) >= 11 is 0. The molecule has 0 fully saturated rings. The van der Waals surface area contributed by atoms with E-state index >= 15 is 0 Å². The number of aliphatic hydroxyl groups excluding tert-OH is 1. The number of aliphatic hydroxyl groups is 1. The highest BCUT2D eigenvalue weighted by Gasteiger charge is 2.26. The minimum absolute atomic E-state index is 0.0636. The topological polar surface area (TPSA) is 79.0 Å². The summed E-state index contributed by atoms with van der Waals surface area (Å²) in [5.74, 6) is -0.415. The lowest BCUT2D eigenvalue weighted by Crippen LogP contribution is -2.00. The van der Waals surface area contributed by atoms with Gasteiger partial charge in [0.25, 0.3) is 0 Å². The molecule has 1 atom stereocenters. The molecule has 1 aromatic heterocycles. The van der Waals surface area contributed by atoms with E-state index in [1.807, 2.05) is 6.07 Å². The molecule has 1 aliphatic carbocycles. The number of nitrogens with zero attached hydrogens (tertiary/aromatic N) is 3. The van der Waals surface area contributed by atoms with Crippen molar-refractivity contribution in [2.24, 2.45) is 0 Å². The maximum absolute atomic E-state index is 13.7. The van der Waals surface area contributed by atoms with E-state index in [0.717, 1.165) is 0 Å². The van der Waals surface area contributed by atoms with Gasteiger partial charge >= 0.3 is 0 Å². The number of rotatable bonds is 2. The first kappa shape index (κ1) is 12.5. The third-order valence-corrected chi connectivity index (χ3v) is 3.19. The van der Waals surface area contributed by atoms with E-state index in [2.05, 4.69) is 9.97 Å². The molecule has 1 heterocycles. The Morgan fingerprint density at radius 3 is 3.05 bits per heavy atom. The van der Waals surface area contributed by atoms with Crippen molar-refractivity contribution in [3.8, 4) is 17.7 Å². The summed E-state index contributed by atoms with van der Waals surface area (Å²) in [6, 6.07) is 5.78. The van der Waals surface area contributed by atoms with E-state index in [9.17, 15) is 9.50 Å². The molecule has 0 aliphatic heterocycles. The average molecular weight is 271 g/mol. The van der Waals surface area contributed by atoms with E-state index in [1.54, 1.807) is 0 Å². The molecule has 100 valence electrons. The molecule has 0 amide bonds. The van der Waals surface area contributed by atoms with Crippen LogP contribution in [-0.4, -0.2) is 15.1 Å². The van der Waals surface area contributed by atoms with E-state index in [0.29, 0.717) is 29.7 Å². The summed E-state index contributed by atoms with van der Waals surface area (Å²) in [6.07, 6.45) is 1.76. The van der Waals surface area contributed by atoms with Crippen LogP contribution in [0, 0.1) is 17.1 Å². The van der Waals surface area contributed by atoms with Crippen molar-refractivity contribution in [3.63, 3.8) is 0 Å². The van der Waals surface area contributed by atoms with Gasteiger partial charge in [0.1, 0.15) is 6.33 Å². The first-order valence-corrected chi connectivity index (χ1v) is 6.08. The van der Waals surface area contributed by atoms with E-state index in [1.165, 1.54) is 24.5 Å². The molecule has 1 aliphatic rings. The molecule has 5 nitrogen and oxygen atoms in total. The van der Waals surface area contributed by atoms with Crippen molar-refractivity contribution < 1.29 is 14.2 Å². The summed E-state index contributed by atoms with van der Waals surface area (Å²) in [4.78, 5) is 7.99. The van der Waals surface area contributed by atoms with Crippen LogP contribution < -0.4 is 4.74 Å². The summed E-state index contributed by atoms with van der Waals surface area (Å²) in [6.45, 7) is 0. The molecule has 3 rings (SSSR count). The van der Waals surface area contributed by atoms with Gasteiger partial charge in [-0.25, -0.2) is 14.4 Å². The number of hydrogen-bond acceptors (Lipinski definition) is 5. The Hall–Kier alpha value is -2.52. The smallest absolute Gasteiger partial charge is 0.225 e. The second kappa shape index (κ2) is 4.87. The second-order valence-corrected chi connectivity index (χ2v) is 4.46. The number of hydrogen-bond donors (Lipinski definition) is 1. The summed E-state index contributed by atoms with van der Waals surface area (Å²) in [7, 11) is 0. The third kappa shape index (κ3) is 2.08. The Morgan fingerprint density at radius 1 is 1.40 bits per heavy atom. The van der Waals surface area contributed by atoms with Gasteiger partial charge in [0.15, 0.2) is 11.6 Å². The van der Waals surface area contributed by atoms with Crippen molar-refractivity contribution in [2.45, 2.75) is 18.9 Å². The number of ether oxygens (including phenoxy) is 1. The Labute approximate surface area is 114 Å². The maximum Gasteiger partial charge on any atom is 0.225 e. The van der Waals surface area contributed by atoms with Gasteiger partial charge in [-0.05, 0) is 25.0 Å². The van der Waals surface area contributed by atoms with Crippen LogP contribution in [0.3, 0.4) is 0 Å². The van der Waals surface area contributed by atoms with Crippen molar-refractivity contribution in [1.29, 1.82) is 5.26 Å². The van der Waals surface area contributed by atoms with Crippen LogP contribution in [-0.2, 0) is 6.42 Å². The van der Waals surface area contributed by atoms with Crippen LogP contribution >= 0.6 is 0 Å². The molecule has 0 radical (unpaired) electrons. The summed E-state index contributed by atoms with van der Waals surface area (Å²) in [5, 5.41) is 18.6. The van der Waals surface area contributed by atoms with Gasteiger partial charge in [-0.1, -0.05) is 0 Å². The number of halogens is 1. The molecular formula is C14H10FN3O2. The lowest BCUT2D eigenvalue weighted by Gasteiger charge is -2.09. The largest absolute Gasteiger partial charge is 0.435 e. The zero-order chi connectivity index (χ0) is 14.1. The van der Waals surface area contributed by atoms with Crippen molar-refractivity contribution in [2.75, 3.05) is 0 Å². The lowest BCUT2D eigenvalue weighted by molar-refractivity contribution is 0.175. The molecule has 2 aromatic rings. The van der Waals surface area contributed by atoms with Crippen LogP contribution in [0.5, 0.6) is 11.6 Å². The Morgan fingerprint density at radius 2 is 2.25 bits per heavy atom. The van der Waals surface area contributed by atoms with Gasteiger partial charge in [-0.15, -0.1) is 0 Å². The number of fused-ring (bicyclic) bond motifs is 1. The van der Waals surface area contributed by atoms with E-state index in [-0.39, 0.29) is 11.6 Å². The zero-order valence-electron chi connectivity index (χ0n) is 10.4. The van der Waals surface area contributed by atoms with Gasteiger partial charge < -0.3 is 9.84 Å². The monoisotopic (exact) mass is 271 g/mol. The minimum atomic E-state index is -0.634. The van der Waals surface area contributed by atoms with Crippen LogP contribution in [0.1, 0.15) is 29.3 Å². The van der Waals surface area contributed by atoms with Crippen LogP contribution in [0.4, 0.5) is 4.39 Å². The Kier molecular flexibility index (Phi) is 3.05. The van der Waals surface area contributed by atoms with Crippen molar-refractivity contribution in [1.82, 2.24) is 9.97 Å². The standard InChI is InChI=1S/C14H10FN3O2/c15-10-3-1-8(6-16)5-12(10)20-14-9-2-4-11(19)13(9)17-7-18-14/h1,3,5,7,11,19H,2,4H2. The normalized spacial score (nSPS) is 16.6. The fourth-order valence-electron chi connectivity index (χ4n) is 2.19. The number of benzene rings is 1. The fraction of sp³-hybridized carbons (Fsp3) is 0.214. The highest BCUT2D eigenvalue weighted by atomic mass is 19.1. The van der Waals surface area contributed by atoms with Gasteiger partial charge in [-0.2, -0.15) is 5.26 Å². The van der Waals surface area contributed by atoms with E-state index in [4.69, 9.17) is 10.00 Å². The van der Waals surface area contributed by atoms with E-state index < -0.39 is 11.9 Å². The minimum Gasteiger partial charge on any atom is -0.435 e. The third-order valence-electron chi connectivity index (χ3n) is 3.19. The molecule has 0 spiro atoms. The highest BCUT2D eigenvalue weighted by molar-refractivity contribution is 5.42. The first-order valence-electron chi connectivity index (χ1n) is 6.08. The van der Waals surface area contributed by atoms with Gasteiger partial charge in [-0.3, -0.25) is 0 Å². The summed E-state index contributed by atoms with van der Waals surface area (Å²) < 4.78 is 19.1. The molecule has 1 N–H and O–H groups in total. The molecule has 20 heavy (non-hydrogen) atoms. The zero-order valence-corrected chi connectivity index (χ0v) is 10.4. The quantitative estimate of drug-likeness (QED) is 0.906. The Balaban J connectivity index is 1.99. The lowest BCUT2D eigenvalue weighted by atomic mass is 10.2. The predicted molar refractivity (Wildman–Crippen MR) is 66.5 cm³/mol. The first-order chi connectivity index (χ1) is 9.69.